The molecule has 1 aliphatic rings. The smallest absolute Gasteiger partial charge is 0.308 e. The van der Waals surface area contributed by atoms with Crippen LogP contribution in [-0.4, -0.2) is 47.2 Å². The third kappa shape index (κ3) is 4.01. The lowest BCUT2D eigenvalue weighted by molar-refractivity contribution is -0.143. The molecule has 2 N–H and O–H groups in total. The van der Waals surface area contributed by atoms with Crippen LogP contribution in [0.3, 0.4) is 0 Å². The van der Waals surface area contributed by atoms with Gasteiger partial charge in [-0.15, -0.1) is 0 Å². The minimum Gasteiger partial charge on any atom is -0.481 e. The fourth-order valence-corrected chi connectivity index (χ4v) is 2.67. The van der Waals surface area contributed by atoms with Crippen LogP contribution in [0.25, 0.3) is 0 Å². The number of nitrogens with zero attached hydrogens (tertiary/aromatic N) is 3. The molecule has 2 atom stereocenters. The first-order chi connectivity index (χ1) is 11.4. The Kier molecular flexibility index (Phi) is 5.73. The Hall–Kier alpha value is -2.64. The molecule has 2 rings (SSSR count). The van der Waals surface area contributed by atoms with Gasteiger partial charge in [-0.3, -0.25) is 9.59 Å². The number of likely N-dealkylation sites (tertiary alicyclic amines) is 1. The topological polar surface area (TPSA) is 106 Å². The predicted molar refractivity (Wildman–Crippen MR) is 85.4 cm³/mol. The number of hydrogen-bond acceptors (Lipinski definition) is 5. The summed E-state index contributed by atoms with van der Waals surface area (Å²) < 4.78 is 13.5. The van der Waals surface area contributed by atoms with Crippen molar-refractivity contribution in [1.29, 1.82) is 5.41 Å². The number of carboxylic acids is 1. The van der Waals surface area contributed by atoms with Crippen molar-refractivity contribution in [3.05, 3.63) is 29.6 Å². The Morgan fingerprint density at radius 2 is 2.21 bits per heavy atom. The highest BCUT2D eigenvalue weighted by Crippen LogP contribution is 2.28. The van der Waals surface area contributed by atoms with E-state index in [1.807, 2.05) is 6.92 Å². The summed E-state index contributed by atoms with van der Waals surface area (Å²) in [6.45, 7) is 2.00. The number of azo groups is 1. The van der Waals surface area contributed by atoms with Crippen LogP contribution in [0.1, 0.15) is 30.1 Å². The maximum Gasteiger partial charge on any atom is 0.308 e. The van der Waals surface area contributed by atoms with Crippen LogP contribution in [0.2, 0.25) is 0 Å². The first kappa shape index (κ1) is 17.7. The van der Waals surface area contributed by atoms with Gasteiger partial charge in [0, 0.05) is 24.9 Å². The molecule has 1 saturated heterocycles. The quantitative estimate of drug-likeness (QED) is 0.638. The van der Waals surface area contributed by atoms with E-state index in [-0.39, 0.29) is 30.4 Å². The van der Waals surface area contributed by atoms with Gasteiger partial charge in [0.2, 0.25) is 0 Å². The number of carboxylic acid groups (broad SMARTS) is 1. The first-order valence-electron chi connectivity index (χ1n) is 7.63. The molecule has 128 valence electrons. The average Bonchev–Trinajstić information content (AvgIpc) is 2.55. The van der Waals surface area contributed by atoms with E-state index in [9.17, 15) is 19.1 Å². The molecule has 1 amide bonds. The molecule has 0 unspecified atom stereocenters. The Morgan fingerprint density at radius 3 is 2.88 bits per heavy atom. The van der Waals surface area contributed by atoms with E-state index in [1.165, 1.54) is 11.0 Å². The Morgan fingerprint density at radius 1 is 1.46 bits per heavy atom. The number of carbonyl (C=O) groups is 2. The largest absolute Gasteiger partial charge is 0.481 e. The van der Waals surface area contributed by atoms with Gasteiger partial charge in [0.1, 0.15) is 11.5 Å². The zero-order chi connectivity index (χ0) is 17.7. The molecule has 8 heteroatoms. The second-order valence-electron chi connectivity index (χ2n) is 5.71. The van der Waals surface area contributed by atoms with Crippen molar-refractivity contribution < 1.29 is 19.1 Å². The second kappa shape index (κ2) is 7.76. The Balaban J connectivity index is 2.30. The van der Waals surface area contributed by atoms with E-state index >= 15 is 0 Å². The van der Waals surface area contributed by atoms with Crippen LogP contribution in [0.4, 0.5) is 10.1 Å². The molecule has 0 spiro atoms. The number of nitrogens with one attached hydrogen (secondary N) is 1. The highest BCUT2D eigenvalue weighted by molar-refractivity contribution is 5.99. The molecule has 24 heavy (non-hydrogen) atoms. The summed E-state index contributed by atoms with van der Waals surface area (Å²) in [7, 11) is 0. The Bertz CT molecular complexity index is 677. The summed E-state index contributed by atoms with van der Waals surface area (Å²) in [6.07, 6.45) is 2.15. The molecule has 1 aromatic rings. The lowest BCUT2D eigenvalue weighted by Gasteiger charge is -2.36. The SMILES string of the molecule is C[C@@H]1CC[C@@H](C(=O)O)CN1C(=O)c1ccc(F)cc1N=NCC=N. The normalized spacial score (nSPS) is 21.0. The lowest BCUT2D eigenvalue weighted by Crippen LogP contribution is -2.47. The van der Waals surface area contributed by atoms with Crippen LogP contribution < -0.4 is 0 Å². The fraction of sp³-hybridized carbons (Fsp3) is 0.438. The number of hydrogen-bond donors (Lipinski definition) is 2. The zero-order valence-electron chi connectivity index (χ0n) is 13.3. The standard InChI is InChI=1S/C16H19FN4O3/c1-10-2-3-11(16(23)24)9-21(10)15(22)13-5-4-12(17)8-14(13)20-19-7-6-18/h4-6,8,10-11,18H,2-3,7,9H2,1H3,(H,23,24)/t10-,11-/m1/s1. The summed E-state index contributed by atoms with van der Waals surface area (Å²) in [5.41, 5.74) is 0.245. The summed E-state index contributed by atoms with van der Waals surface area (Å²) in [4.78, 5) is 25.5. The molecule has 0 aliphatic carbocycles. The van der Waals surface area contributed by atoms with E-state index in [4.69, 9.17) is 5.41 Å². The molecule has 0 radical (unpaired) electrons. The van der Waals surface area contributed by atoms with E-state index < -0.39 is 23.6 Å². The van der Waals surface area contributed by atoms with Crippen molar-refractivity contribution in [1.82, 2.24) is 4.90 Å². The van der Waals surface area contributed by atoms with Gasteiger partial charge in [-0.25, -0.2) is 4.39 Å². The van der Waals surface area contributed by atoms with Gasteiger partial charge in [0.05, 0.1) is 18.0 Å². The van der Waals surface area contributed by atoms with Gasteiger partial charge in [-0.2, -0.15) is 10.2 Å². The van der Waals surface area contributed by atoms with E-state index in [2.05, 4.69) is 10.2 Å². The van der Waals surface area contributed by atoms with Gasteiger partial charge in [-0.1, -0.05) is 0 Å². The number of halogens is 1. The van der Waals surface area contributed by atoms with Gasteiger partial charge in [0.25, 0.3) is 5.91 Å². The molecule has 1 fully saturated rings. The van der Waals surface area contributed by atoms with E-state index in [1.54, 1.807) is 0 Å². The third-order valence-corrected chi connectivity index (χ3v) is 4.03. The van der Waals surface area contributed by atoms with Crippen LogP contribution in [0.15, 0.2) is 28.4 Å². The molecule has 1 aliphatic heterocycles. The van der Waals surface area contributed by atoms with Gasteiger partial charge < -0.3 is 15.4 Å². The van der Waals surface area contributed by atoms with Crippen molar-refractivity contribution in [3.63, 3.8) is 0 Å². The van der Waals surface area contributed by atoms with Crippen LogP contribution in [-0.2, 0) is 4.79 Å². The first-order valence-corrected chi connectivity index (χ1v) is 7.63. The van der Waals surface area contributed by atoms with E-state index in [0.29, 0.717) is 12.8 Å². The highest BCUT2D eigenvalue weighted by Gasteiger charge is 2.33. The summed E-state index contributed by atoms with van der Waals surface area (Å²) in [5.74, 6) is -2.47. The lowest BCUT2D eigenvalue weighted by atomic mass is 9.93. The van der Waals surface area contributed by atoms with Crippen LogP contribution in [0.5, 0.6) is 0 Å². The maximum absolute atomic E-state index is 13.5. The maximum atomic E-state index is 13.5. The van der Waals surface area contributed by atoms with Crippen LogP contribution in [0, 0.1) is 17.1 Å². The fourth-order valence-electron chi connectivity index (χ4n) is 2.67. The summed E-state index contributed by atoms with van der Waals surface area (Å²) in [6, 6.07) is 3.48. The molecule has 0 bridgehead atoms. The van der Waals surface area contributed by atoms with Crippen molar-refractivity contribution in [3.8, 4) is 0 Å². The minimum atomic E-state index is -0.926. The number of carbonyl (C=O) groups excluding carboxylic acids is 1. The molecule has 7 nitrogen and oxygen atoms in total. The highest BCUT2D eigenvalue weighted by atomic mass is 19.1. The number of amides is 1. The van der Waals surface area contributed by atoms with Crippen molar-refractivity contribution in [2.45, 2.75) is 25.8 Å². The van der Waals surface area contributed by atoms with Crippen LogP contribution >= 0.6 is 0 Å². The summed E-state index contributed by atoms with van der Waals surface area (Å²) >= 11 is 0. The van der Waals surface area contributed by atoms with Crippen molar-refractivity contribution >= 4 is 23.8 Å². The van der Waals surface area contributed by atoms with Gasteiger partial charge in [-0.05, 0) is 31.9 Å². The minimum absolute atomic E-state index is 0.0331. The predicted octanol–water partition coefficient (Wildman–Crippen LogP) is 2.88. The second-order valence-corrected chi connectivity index (χ2v) is 5.71. The van der Waals surface area contributed by atoms with Gasteiger partial charge >= 0.3 is 5.97 Å². The molecule has 1 heterocycles. The molecular weight excluding hydrogens is 315 g/mol. The van der Waals surface area contributed by atoms with Crippen molar-refractivity contribution in [2.24, 2.45) is 16.1 Å². The molecule has 1 aromatic carbocycles. The van der Waals surface area contributed by atoms with E-state index in [0.717, 1.165) is 18.3 Å². The summed E-state index contributed by atoms with van der Waals surface area (Å²) in [5, 5.41) is 23.6. The number of piperidine rings is 1. The molecule has 0 saturated carbocycles. The molecule has 0 aromatic heterocycles. The third-order valence-electron chi connectivity index (χ3n) is 4.03. The average molecular weight is 334 g/mol. The molecular formula is C16H19FN4O3. The zero-order valence-corrected chi connectivity index (χ0v) is 13.3. The number of rotatable bonds is 5. The van der Waals surface area contributed by atoms with Crippen molar-refractivity contribution in [2.75, 3.05) is 13.1 Å². The monoisotopic (exact) mass is 334 g/mol. The Labute approximate surface area is 138 Å². The number of benzene rings is 1. The van der Waals surface area contributed by atoms with Gasteiger partial charge in [0.15, 0.2) is 0 Å². The number of aliphatic carboxylic acids is 1.